The van der Waals surface area contributed by atoms with Crippen LogP contribution < -0.4 is 20.1 Å². The van der Waals surface area contributed by atoms with E-state index in [1.165, 1.54) is 0 Å². The second-order valence-electron chi connectivity index (χ2n) is 5.07. The first-order chi connectivity index (χ1) is 11.2. The number of hydrogen-bond donors (Lipinski definition) is 2. The van der Waals surface area contributed by atoms with Crippen molar-refractivity contribution < 1.29 is 14.3 Å². The maximum absolute atomic E-state index is 11.9. The van der Waals surface area contributed by atoms with Crippen molar-refractivity contribution >= 4 is 6.03 Å². The number of nitrogens with zero attached hydrogens (tertiary/aromatic N) is 2. The van der Waals surface area contributed by atoms with Gasteiger partial charge >= 0.3 is 6.03 Å². The van der Waals surface area contributed by atoms with Gasteiger partial charge in [-0.15, -0.1) is 0 Å². The van der Waals surface area contributed by atoms with Gasteiger partial charge in [0.1, 0.15) is 19.0 Å². The molecule has 120 valence electrons. The molecule has 7 nitrogen and oxygen atoms in total. The molecule has 1 aromatic heterocycles. The molecule has 23 heavy (non-hydrogen) atoms. The van der Waals surface area contributed by atoms with Gasteiger partial charge in [-0.25, -0.2) is 14.8 Å². The van der Waals surface area contributed by atoms with Gasteiger partial charge < -0.3 is 20.1 Å². The average molecular weight is 314 g/mol. The van der Waals surface area contributed by atoms with Crippen molar-refractivity contribution in [3.05, 3.63) is 47.5 Å². The normalized spacial score (nSPS) is 12.6. The molecule has 0 radical (unpaired) electrons. The van der Waals surface area contributed by atoms with Crippen LogP contribution in [0, 0.1) is 6.92 Å². The molecule has 0 aliphatic carbocycles. The number of urea groups is 1. The summed E-state index contributed by atoms with van der Waals surface area (Å²) in [5.41, 5.74) is 1.65. The Bertz CT molecular complexity index is 705. The maximum Gasteiger partial charge on any atom is 0.315 e. The number of aromatic nitrogens is 2. The number of benzene rings is 1. The Hall–Kier alpha value is -2.83. The van der Waals surface area contributed by atoms with Gasteiger partial charge in [-0.05, 0) is 19.1 Å². The van der Waals surface area contributed by atoms with Crippen molar-refractivity contribution in [3.63, 3.8) is 0 Å². The minimum absolute atomic E-state index is 0.268. The number of nitrogens with one attached hydrogen (secondary N) is 2. The number of fused-ring (bicyclic) bond motifs is 1. The van der Waals surface area contributed by atoms with Gasteiger partial charge in [0.2, 0.25) is 0 Å². The summed E-state index contributed by atoms with van der Waals surface area (Å²) < 4.78 is 11.1. The third-order valence-electron chi connectivity index (χ3n) is 3.35. The maximum atomic E-state index is 11.9. The quantitative estimate of drug-likeness (QED) is 0.894. The van der Waals surface area contributed by atoms with Gasteiger partial charge in [-0.2, -0.15) is 0 Å². The smallest absolute Gasteiger partial charge is 0.315 e. The van der Waals surface area contributed by atoms with Crippen LogP contribution in [0.1, 0.15) is 17.1 Å². The summed E-state index contributed by atoms with van der Waals surface area (Å²) in [6.45, 7) is 3.58. The fraction of sp³-hybridized carbons (Fsp3) is 0.312. The van der Waals surface area contributed by atoms with Gasteiger partial charge in [-0.1, -0.05) is 12.1 Å². The van der Waals surface area contributed by atoms with Crippen LogP contribution in [0.4, 0.5) is 4.79 Å². The zero-order valence-electron chi connectivity index (χ0n) is 12.8. The van der Waals surface area contributed by atoms with Crippen molar-refractivity contribution in [2.75, 3.05) is 13.2 Å². The van der Waals surface area contributed by atoms with Crippen molar-refractivity contribution in [1.29, 1.82) is 0 Å². The van der Waals surface area contributed by atoms with Crippen LogP contribution in [-0.2, 0) is 13.1 Å². The van der Waals surface area contributed by atoms with Crippen molar-refractivity contribution in [3.8, 4) is 11.5 Å². The highest BCUT2D eigenvalue weighted by Crippen LogP contribution is 2.33. The summed E-state index contributed by atoms with van der Waals surface area (Å²) in [5.74, 6) is 2.09. The molecule has 7 heteroatoms. The minimum atomic E-state index is -0.268. The van der Waals surface area contributed by atoms with Crippen LogP contribution in [0.15, 0.2) is 30.5 Å². The molecule has 0 saturated carbocycles. The fourth-order valence-electron chi connectivity index (χ4n) is 2.29. The molecule has 0 fully saturated rings. The first-order valence-corrected chi connectivity index (χ1v) is 7.40. The molecule has 3 rings (SSSR count). The molecular formula is C16H18N4O3. The monoisotopic (exact) mass is 314 g/mol. The molecule has 2 heterocycles. The van der Waals surface area contributed by atoms with Gasteiger partial charge in [0, 0.05) is 18.3 Å². The van der Waals surface area contributed by atoms with Crippen LogP contribution in [0.3, 0.4) is 0 Å². The van der Waals surface area contributed by atoms with E-state index in [2.05, 4.69) is 20.6 Å². The van der Waals surface area contributed by atoms with Gasteiger partial charge in [0.25, 0.3) is 0 Å². The van der Waals surface area contributed by atoms with Crippen molar-refractivity contribution in [1.82, 2.24) is 20.6 Å². The Morgan fingerprint density at radius 2 is 2.00 bits per heavy atom. The number of carbonyl (C=O) groups is 1. The van der Waals surface area contributed by atoms with Gasteiger partial charge in [0.05, 0.1) is 12.2 Å². The van der Waals surface area contributed by atoms with E-state index < -0.39 is 0 Å². The minimum Gasteiger partial charge on any atom is -0.486 e. The SMILES string of the molecule is Cc1nccc(CNC(=O)NCc2cccc3c2OCCO3)n1. The number of amides is 2. The summed E-state index contributed by atoms with van der Waals surface area (Å²) in [6.07, 6.45) is 1.67. The van der Waals surface area contributed by atoms with E-state index in [0.29, 0.717) is 43.6 Å². The number of ether oxygens (including phenoxy) is 2. The lowest BCUT2D eigenvalue weighted by molar-refractivity contribution is 0.169. The van der Waals surface area contributed by atoms with E-state index in [-0.39, 0.29) is 6.03 Å². The zero-order chi connectivity index (χ0) is 16.1. The summed E-state index contributed by atoms with van der Waals surface area (Å²) in [4.78, 5) is 20.2. The predicted molar refractivity (Wildman–Crippen MR) is 83.3 cm³/mol. The van der Waals surface area contributed by atoms with Gasteiger partial charge in [0.15, 0.2) is 11.5 Å². The van der Waals surface area contributed by atoms with E-state index in [1.807, 2.05) is 25.1 Å². The molecule has 1 aliphatic heterocycles. The molecule has 1 aliphatic rings. The third-order valence-corrected chi connectivity index (χ3v) is 3.35. The van der Waals surface area contributed by atoms with Crippen LogP contribution >= 0.6 is 0 Å². The highest BCUT2D eigenvalue weighted by molar-refractivity contribution is 5.73. The lowest BCUT2D eigenvalue weighted by Crippen LogP contribution is -2.35. The topological polar surface area (TPSA) is 85.4 Å². The first-order valence-electron chi connectivity index (χ1n) is 7.40. The van der Waals surface area contributed by atoms with E-state index in [1.54, 1.807) is 12.3 Å². The molecule has 0 saturated heterocycles. The molecule has 2 aromatic rings. The molecule has 0 unspecified atom stereocenters. The number of carbonyl (C=O) groups excluding carboxylic acids is 1. The predicted octanol–water partition coefficient (Wildman–Crippen LogP) is 1.56. The highest BCUT2D eigenvalue weighted by atomic mass is 16.6. The Labute approximate surface area is 134 Å². The molecule has 2 amide bonds. The Kier molecular flexibility index (Phi) is 4.56. The van der Waals surface area contributed by atoms with Crippen LogP contribution in [0.2, 0.25) is 0 Å². The first kappa shape index (κ1) is 15.1. The molecule has 0 atom stereocenters. The average Bonchev–Trinajstić information content (AvgIpc) is 2.58. The van der Waals surface area contributed by atoms with E-state index >= 15 is 0 Å². The Morgan fingerprint density at radius 1 is 1.17 bits per heavy atom. The number of aryl methyl sites for hydroxylation is 1. The fourth-order valence-corrected chi connectivity index (χ4v) is 2.29. The van der Waals surface area contributed by atoms with Gasteiger partial charge in [-0.3, -0.25) is 0 Å². The van der Waals surface area contributed by atoms with E-state index in [4.69, 9.17) is 9.47 Å². The highest BCUT2D eigenvalue weighted by Gasteiger charge is 2.15. The summed E-state index contributed by atoms with van der Waals surface area (Å²) in [6, 6.07) is 7.14. The van der Waals surface area contributed by atoms with E-state index in [9.17, 15) is 4.79 Å². The molecule has 0 bridgehead atoms. The van der Waals surface area contributed by atoms with Crippen LogP contribution in [-0.4, -0.2) is 29.2 Å². The molecule has 0 spiro atoms. The largest absolute Gasteiger partial charge is 0.486 e. The lowest BCUT2D eigenvalue weighted by atomic mass is 10.1. The van der Waals surface area contributed by atoms with E-state index in [0.717, 1.165) is 11.3 Å². The Morgan fingerprint density at radius 3 is 2.87 bits per heavy atom. The standard InChI is InChI=1S/C16H18N4O3/c1-11-17-6-5-13(20-11)10-19-16(21)18-9-12-3-2-4-14-15(12)23-8-7-22-14/h2-6H,7-10H2,1H3,(H2,18,19,21). The number of para-hydroxylation sites is 1. The summed E-state index contributed by atoms with van der Waals surface area (Å²) in [7, 11) is 0. The van der Waals surface area contributed by atoms with Crippen LogP contribution in [0.5, 0.6) is 11.5 Å². The molecule has 2 N–H and O–H groups in total. The second kappa shape index (κ2) is 6.95. The van der Waals surface area contributed by atoms with Crippen LogP contribution in [0.25, 0.3) is 0 Å². The molecule has 1 aromatic carbocycles. The number of hydrogen-bond acceptors (Lipinski definition) is 5. The zero-order valence-corrected chi connectivity index (χ0v) is 12.8. The molecular weight excluding hydrogens is 296 g/mol. The van der Waals surface area contributed by atoms with Crippen molar-refractivity contribution in [2.24, 2.45) is 0 Å². The lowest BCUT2D eigenvalue weighted by Gasteiger charge is -2.21. The van der Waals surface area contributed by atoms with Crippen molar-refractivity contribution in [2.45, 2.75) is 20.0 Å². The number of rotatable bonds is 4. The third kappa shape index (κ3) is 3.88. The summed E-state index contributed by atoms with van der Waals surface area (Å²) in [5, 5.41) is 5.57. The second-order valence-corrected chi connectivity index (χ2v) is 5.07. The summed E-state index contributed by atoms with van der Waals surface area (Å²) >= 11 is 0. The Balaban J connectivity index is 1.53.